The summed E-state index contributed by atoms with van der Waals surface area (Å²) in [5.41, 5.74) is 0.767. The molecule has 1 amide bonds. The van der Waals surface area contributed by atoms with Crippen molar-refractivity contribution in [1.82, 2.24) is 4.98 Å². The van der Waals surface area contributed by atoms with Gasteiger partial charge in [-0.25, -0.2) is 4.39 Å². The Morgan fingerprint density at radius 2 is 1.98 bits per heavy atom. The number of aliphatic hydroxyl groups is 2. The molecule has 1 aliphatic rings. The van der Waals surface area contributed by atoms with E-state index >= 15 is 4.39 Å². The van der Waals surface area contributed by atoms with E-state index in [1.807, 2.05) is 13.8 Å². The molecule has 2 heterocycles. The van der Waals surface area contributed by atoms with Crippen LogP contribution in [0.3, 0.4) is 0 Å². The minimum absolute atomic E-state index is 0.0851. The molecule has 0 saturated carbocycles. The first kappa shape index (κ1) is 28.6. The molecule has 1 aliphatic heterocycles. The lowest BCUT2D eigenvalue weighted by atomic mass is 9.85. The third kappa shape index (κ3) is 5.93. The summed E-state index contributed by atoms with van der Waals surface area (Å²) in [6.07, 6.45) is 1.71. The second-order valence-electron chi connectivity index (χ2n) is 10.1. The smallest absolute Gasteiger partial charge is 0.277 e. The highest BCUT2D eigenvalue weighted by Crippen LogP contribution is 2.47. The van der Waals surface area contributed by atoms with Crippen LogP contribution in [0.5, 0.6) is 11.5 Å². The predicted molar refractivity (Wildman–Crippen MR) is 150 cm³/mol. The minimum Gasteiger partial charge on any atom is -0.506 e. The van der Waals surface area contributed by atoms with Gasteiger partial charge in [0.2, 0.25) is 0 Å². The maximum Gasteiger partial charge on any atom is 0.277 e. The molecule has 3 aromatic rings. The first-order valence-electron chi connectivity index (χ1n) is 12.8. The van der Waals surface area contributed by atoms with Crippen molar-refractivity contribution in [3.63, 3.8) is 0 Å². The van der Waals surface area contributed by atoms with Gasteiger partial charge in [-0.1, -0.05) is 31.9 Å². The summed E-state index contributed by atoms with van der Waals surface area (Å²) < 4.78 is 21.5. The molecular weight excluding hydrogens is 513 g/mol. The molecule has 8 nitrogen and oxygen atoms in total. The van der Waals surface area contributed by atoms with E-state index < -0.39 is 29.8 Å². The predicted octanol–water partition coefficient (Wildman–Crippen LogP) is 4.80. The number of phenolic OH excluding ortho intramolecular Hbond substituents is 1. The van der Waals surface area contributed by atoms with Crippen LogP contribution in [0.2, 0.25) is 0 Å². The van der Waals surface area contributed by atoms with Gasteiger partial charge in [0.05, 0.1) is 18.3 Å². The van der Waals surface area contributed by atoms with Crippen LogP contribution < -0.4 is 15.0 Å². The van der Waals surface area contributed by atoms with E-state index in [0.717, 1.165) is 0 Å². The Hall–Kier alpha value is -4.39. The topological polar surface area (TPSA) is 115 Å². The zero-order chi connectivity index (χ0) is 28.9. The number of anilines is 2. The van der Waals surface area contributed by atoms with Crippen LogP contribution in [-0.4, -0.2) is 46.0 Å². The van der Waals surface area contributed by atoms with Crippen molar-refractivity contribution >= 4 is 17.3 Å². The fraction of sp³-hybridized carbons (Fsp3) is 0.290. The lowest BCUT2D eigenvalue weighted by molar-refractivity contribution is 0.0973. The molecule has 4 rings (SSSR count). The van der Waals surface area contributed by atoms with Gasteiger partial charge in [0.25, 0.3) is 5.91 Å². The van der Waals surface area contributed by atoms with E-state index in [1.54, 1.807) is 43.3 Å². The Morgan fingerprint density at radius 3 is 2.62 bits per heavy atom. The second kappa shape index (κ2) is 12.2. The van der Waals surface area contributed by atoms with E-state index in [9.17, 15) is 20.1 Å². The number of benzene rings is 2. The number of aliphatic hydroxyl groups excluding tert-OH is 2. The molecule has 40 heavy (non-hydrogen) atoms. The number of hydrogen-bond acceptors (Lipinski definition) is 7. The number of carbonyl (C=O) groups is 1. The zero-order valence-corrected chi connectivity index (χ0v) is 22.6. The van der Waals surface area contributed by atoms with Crippen molar-refractivity contribution in [3.8, 4) is 23.3 Å². The Morgan fingerprint density at radius 1 is 1.18 bits per heavy atom. The number of aromatic nitrogens is 1. The van der Waals surface area contributed by atoms with Crippen LogP contribution in [0.15, 0.2) is 72.1 Å². The molecule has 2 aromatic carbocycles. The van der Waals surface area contributed by atoms with Gasteiger partial charge in [-0.3, -0.25) is 14.7 Å². The Labute approximate surface area is 232 Å². The van der Waals surface area contributed by atoms with Gasteiger partial charge < -0.3 is 25.4 Å². The number of para-hydroxylation sites is 1. The molecule has 0 fully saturated rings. The first-order chi connectivity index (χ1) is 19.2. The number of halogens is 1. The van der Waals surface area contributed by atoms with E-state index in [0.29, 0.717) is 11.3 Å². The van der Waals surface area contributed by atoms with Crippen LogP contribution in [-0.2, 0) is 0 Å². The lowest BCUT2D eigenvalue weighted by Crippen LogP contribution is -2.37. The number of rotatable bonds is 8. The van der Waals surface area contributed by atoms with Crippen molar-refractivity contribution in [2.75, 3.05) is 30.0 Å². The molecule has 1 unspecified atom stereocenters. The second-order valence-corrected chi connectivity index (χ2v) is 10.1. The van der Waals surface area contributed by atoms with E-state index in [4.69, 9.17) is 4.74 Å². The number of fused-ring (bicyclic) bond motifs is 1. The lowest BCUT2D eigenvalue weighted by Gasteiger charge is -2.33. The highest BCUT2D eigenvalue weighted by Gasteiger charge is 2.39. The molecule has 4 N–H and O–H groups in total. The number of nitrogens with zero attached hydrogens (tertiary/aromatic N) is 2. The molecule has 1 atom stereocenters. The highest BCUT2D eigenvalue weighted by atomic mass is 19.1. The third-order valence-corrected chi connectivity index (χ3v) is 6.64. The number of ether oxygens (including phenoxy) is 1. The molecular formula is C31H32FN3O5. The summed E-state index contributed by atoms with van der Waals surface area (Å²) in [6.45, 7) is 4.72. The fourth-order valence-electron chi connectivity index (χ4n) is 4.60. The summed E-state index contributed by atoms with van der Waals surface area (Å²) in [4.78, 5) is 19.7. The van der Waals surface area contributed by atoms with Gasteiger partial charge in [0, 0.05) is 35.7 Å². The Kier molecular flexibility index (Phi) is 8.73. The van der Waals surface area contributed by atoms with Crippen LogP contribution >= 0.6 is 0 Å². The first-order valence-corrected chi connectivity index (χ1v) is 12.8. The molecule has 0 bridgehead atoms. The molecule has 0 aliphatic carbocycles. The molecule has 0 spiro atoms. The van der Waals surface area contributed by atoms with E-state index in [-0.39, 0.29) is 53.8 Å². The number of allylic oxidation sites excluding steroid dienone is 1. The number of aromatic hydroxyl groups is 1. The van der Waals surface area contributed by atoms with Crippen LogP contribution in [0.4, 0.5) is 15.8 Å². The average molecular weight is 546 g/mol. The van der Waals surface area contributed by atoms with Gasteiger partial charge in [0.1, 0.15) is 35.3 Å². The number of amides is 1. The van der Waals surface area contributed by atoms with Crippen molar-refractivity contribution in [3.05, 3.63) is 89.1 Å². The molecule has 208 valence electrons. The van der Waals surface area contributed by atoms with Gasteiger partial charge >= 0.3 is 0 Å². The fourth-order valence-corrected chi connectivity index (χ4v) is 4.60. The van der Waals surface area contributed by atoms with Crippen LogP contribution in [0, 0.1) is 23.1 Å². The van der Waals surface area contributed by atoms with Gasteiger partial charge in [-0.2, -0.15) is 0 Å². The quantitative estimate of drug-likeness (QED) is 0.238. The van der Waals surface area contributed by atoms with Crippen LogP contribution in [0.25, 0.3) is 0 Å². The van der Waals surface area contributed by atoms with E-state index in [1.165, 1.54) is 29.3 Å². The van der Waals surface area contributed by atoms with Crippen molar-refractivity contribution in [2.24, 2.45) is 5.41 Å². The summed E-state index contributed by atoms with van der Waals surface area (Å²) in [5.74, 6) is 4.36. The summed E-state index contributed by atoms with van der Waals surface area (Å²) >= 11 is 0. The van der Waals surface area contributed by atoms with E-state index in [2.05, 4.69) is 22.1 Å². The van der Waals surface area contributed by atoms with Crippen molar-refractivity contribution < 1.29 is 29.2 Å². The third-order valence-electron chi connectivity index (χ3n) is 6.64. The van der Waals surface area contributed by atoms with Gasteiger partial charge in [-0.05, 0) is 55.2 Å². The number of pyridine rings is 1. The number of nitrogens with one attached hydrogen (secondary N) is 1. The van der Waals surface area contributed by atoms with Gasteiger partial charge in [-0.15, -0.1) is 5.92 Å². The largest absolute Gasteiger partial charge is 0.506 e. The monoisotopic (exact) mass is 545 g/mol. The normalized spacial score (nSPS) is 14.9. The Bertz CT molecular complexity index is 1480. The molecule has 0 radical (unpaired) electrons. The molecule has 9 heteroatoms. The molecule has 0 saturated heterocycles. The highest BCUT2D eigenvalue weighted by molar-refractivity contribution is 6.08. The Balaban J connectivity index is 2.00. The number of carbonyl (C=O) groups excluding carboxylic acids is 1. The SMILES string of the molecule is CC#CCOc1ccc(C2C(CO)=C(CC(C)(C)CO)Nc3c(O)cccc3N2C(=O)c2ccccn2)c(F)c1. The van der Waals surface area contributed by atoms with Crippen LogP contribution in [0.1, 0.15) is 49.3 Å². The van der Waals surface area contributed by atoms with Gasteiger partial charge in [0.15, 0.2) is 0 Å². The van der Waals surface area contributed by atoms with Crippen molar-refractivity contribution in [2.45, 2.75) is 33.2 Å². The summed E-state index contributed by atoms with van der Waals surface area (Å²) in [7, 11) is 0. The zero-order valence-electron chi connectivity index (χ0n) is 22.6. The number of phenols is 1. The maximum atomic E-state index is 15.9. The summed E-state index contributed by atoms with van der Waals surface area (Å²) in [6, 6.07) is 12.7. The molecule has 1 aromatic heterocycles. The maximum absolute atomic E-state index is 15.9. The average Bonchev–Trinajstić information content (AvgIpc) is 3.08. The summed E-state index contributed by atoms with van der Waals surface area (Å²) in [5, 5.41) is 34.9. The number of hydrogen-bond donors (Lipinski definition) is 4. The minimum atomic E-state index is -1.14. The standard InChI is InChI=1S/C31H32FN3O5/c1-4-5-15-40-20-12-13-21(23(32)16-20)29-22(18-36)25(17-31(2,3)19-37)34-28-26(10-8-11-27(28)38)35(29)30(39)24-9-6-7-14-33-24/h6-14,16,29,34,36-38H,15,17-19H2,1-3H3. The van der Waals surface area contributed by atoms with Crippen molar-refractivity contribution in [1.29, 1.82) is 0 Å².